The molecule has 7 heteroatoms. The summed E-state index contributed by atoms with van der Waals surface area (Å²) in [5.41, 5.74) is 2.34. The quantitative estimate of drug-likeness (QED) is 0.711. The summed E-state index contributed by atoms with van der Waals surface area (Å²) in [4.78, 5) is 30.5. The van der Waals surface area contributed by atoms with Crippen molar-refractivity contribution in [3.63, 3.8) is 0 Å². The van der Waals surface area contributed by atoms with Crippen molar-refractivity contribution in [2.24, 2.45) is 5.92 Å². The number of pyridine rings is 1. The molecule has 0 spiro atoms. The molecule has 1 aliphatic heterocycles. The Morgan fingerprint density at radius 3 is 2.75 bits per heavy atom. The minimum atomic E-state index is -0.279. The van der Waals surface area contributed by atoms with Crippen molar-refractivity contribution in [3.8, 4) is 0 Å². The van der Waals surface area contributed by atoms with Gasteiger partial charge in [-0.15, -0.1) is 0 Å². The highest BCUT2D eigenvalue weighted by molar-refractivity contribution is 5.98. The van der Waals surface area contributed by atoms with Gasteiger partial charge in [-0.25, -0.2) is 4.79 Å². The van der Waals surface area contributed by atoms with Crippen LogP contribution in [0.1, 0.15) is 28.8 Å². The largest absolute Gasteiger partial charge is 0.393 e. The minimum absolute atomic E-state index is 0.0583. The van der Waals surface area contributed by atoms with Crippen LogP contribution in [0.15, 0.2) is 48.8 Å². The average molecular weight is 380 g/mol. The van der Waals surface area contributed by atoms with Gasteiger partial charge in [0.25, 0.3) is 5.91 Å². The highest BCUT2D eigenvalue weighted by Gasteiger charge is 2.35. The Morgan fingerprint density at radius 2 is 2.07 bits per heavy atom. The van der Waals surface area contributed by atoms with Gasteiger partial charge in [-0.05, 0) is 61.1 Å². The molecule has 1 aromatic carbocycles. The number of carbonyl (C=O) groups is 2. The Bertz CT molecular complexity index is 852. The van der Waals surface area contributed by atoms with E-state index in [0.717, 1.165) is 5.56 Å². The number of aromatic nitrogens is 1. The van der Waals surface area contributed by atoms with Gasteiger partial charge in [-0.2, -0.15) is 0 Å². The van der Waals surface area contributed by atoms with Crippen LogP contribution in [-0.2, 0) is 6.42 Å². The maximum absolute atomic E-state index is 12.9. The fraction of sp³-hybridized carbons (Fsp3) is 0.381. The van der Waals surface area contributed by atoms with E-state index < -0.39 is 0 Å². The lowest BCUT2D eigenvalue weighted by atomic mass is 9.75. The number of nitrogens with one attached hydrogen (secondary N) is 2. The molecular weight excluding hydrogens is 356 g/mol. The molecule has 1 atom stereocenters. The number of rotatable bonds is 6. The second-order valence-corrected chi connectivity index (χ2v) is 7.46. The van der Waals surface area contributed by atoms with E-state index in [4.69, 9.17) is 0 Å². The van der Waals surface area contributed by atoms with Gasteiger partial charge in [0.15, 0.2) is 0 Å². The molecule has 3 amide bonds. The van der Waals surface area contributed by atoms with Crippen LogP contribution in [0.5, 0.6) is 0 Å². The van der Waals surface area contributed by atoms with Crippen molar-refractivity contribution in [1.82, 2.24) is 15.6 Å². The molecule has 2 fully saturated rings. The van der Waals surface area contributed by atoms with Crippen LogP contribution in [0.3, 0.4) is 0 Å². The molecule has 2 aliphatic rings. The third-order valence-corrected chi connectivity index (χ3v) is 5.52. The van der Waals surface area contributed by atoms with Crippen molar-refractivity contribution >= 4 is 17.6 Å². The van der Waals surface area contributed by atoms with Crippen molar-refractivity contribution in [3.05, 3.63) is 59.9 Å². The fourth-order valence-electron chi connectivity index (χ4n) is 3.85. The first-order chi connectivity index (χ1) is 13.6. The van der Waals surface area contributed by atoms with Crippen LogP contribution in [0, 0.1) is 5.92 Å². The number of urea groups is 1. The number of aliphatic hydroxyl groups excluding tert-OH is 1. The van der Waals surface area contributed by atoms with Gasteiger partial charge in [0.2, 0.25) is 0 Å². The van der Waals surface area contributed by atoms with Gasteiger partial charge in [0, 0.05) is 42.8 Å². The van der Waals surface area contributed by atoms with Crippen molar-refractivity contribution in [2.75, 3.05) is 18.0 Å². The number of aliphatic hydroxyl groups is 1. The molecule has 1 aliphatic carbocycles. The van der Waals surface area contributed by atoms with Gasteiger partial charge in [-0.3, -0.25) is 14.7 Å². The Morgan fingerprint density at radius 1 is 1.29 bits per heavy atom. The van der Waals surface area contributed by atoms with E-state index in [2.05, 4.69) is 15.6 Å². The Kier molecular flexibility index (Phi) is 5.25. The average Bonchev–Trinajstić information content (AvgIpc) is 3.12. The summed E-state index contributed by atoms with van der Waals surface area (Å²) in [5.74, 6) is 0.0848. The third kappa shape index (κ3) is 3.99. The molecular formula is C21H24N4O3. The number of anilines is 1. The van der Waals surface area contributed by atoms with Crippen molar-refractivity contribution in [2.45, 2.75) is 31.4 Å². The first kappa shape index (κ1) is 18.4. The molecule has 7 nitrogen and oxygen atoms in total. The summed E-state index contributed by atoms with van der Waals surface area (Å²) in [6.07, 6.45) is 5.30. The topological polar surface area (TPSA) is 94.6 Å². The summed E-state index contributed by atoms with van der Waals surface area (Å²) in [6.45, 7) is 1.20. The van der Waals surface area contributed by atoms with Crippen LogP contribution in [0.25, 0.3) is 0 Å². The highest BCUT2D eigenvalue weighted by Crippen LogP contribution is 2.32. The van der Waals surface area contributed by atoms with Gasteiger partial charge in [0.05, 0.1) is 6.10 Å². The second-order valence-electron chi connectivity index (χ2n) is 7.46. The number of nitrogens with zero attached hydrogens (tertiary/aromatic N) is 2. The number of hydrogen-bond donors (Lipinski definition) is 3. The third-order valence-electron chi connectivity index (χ3n) is 5.52. The van der Waals surface area contributed by atoms with Gasteiger partial charge < -0.3 is 15.7 Å². The van der Waals surface area contributed by atoms with E-state index in [1.807, 2.05) is 18.2 Å². The van der Waals surface area contributed by atoms with E-state index in [0.29, 0.717) is 43.6 Å². The maximum Gasteiger partial charge on any atom is 0.321 e. The van der Waals surface area contributed by atoms with Gasteiger partial charge >= 0.3 is 6.03 Å². The molecule has 4 rings (SSSR count). The molecule has 1 saturated heterocycles. The lowest BCUT2D eigenvalue weighted by Gasteiger charge is -2.38. The van der Waals surface area contributed by atoms with E-state index in [1.54, 1.807) is 35.5 Å². The molecule has 2 heterocycles. The SMILES string of the molecule is O=C(N[C@H](Cc1ccncc1)C1CC(O)C1)c1cccc(N2CCNC2=O)c1. The number of carbonyl (C=O) groups excluding carboxylic acids is 2. The summed E-state index contributed by atoms with van der Waals surface area (Å²) in [7, 11) is 0. The molecule has 1 saturated carbocycles. The monoisotopic (exact) mass is 380 g/mol. The number of hydrogen-bond acceptors (Lipinski definition) is 4. The van der Waals surface area contributed by atoms with Crippen LogP contribution in [0.2, 0.25) is 0 Å². The first-order valence-corrected chi connectivity index (χ1v) is 9.63. The zero-order valence-electron chi connectivity index (χ0n) is 15.5. The summed E-state index contributed by atoms with van der Waals surface area (Å²) < 4.78 is 0. The molecule has 28 heavy (non-hydrogen) atoms. The minimum Gasteiger partial charge on any atom is -0.393 e. The first-order valence-electron chi connectivity index (χ1n) is 9.63. The highest BCUT2D eigenvalue weighted by atomic mass is 16.3. The Balaban J connectivity index is 1.48. The van der Waals surface area contributed by atoms with E-state index in [1.165, 1.54) is 0 Å². The standard InChI is InChI=1S/C21H24N4O3/c26-18-12-16(13-18)19(10-14-4-6-22-7-5-14)24-20(27)15-2-1-3-17(11-15)25-9-8-23-21(25)28/h1-7,11,16,18-19,26H,8-10,12-13H2,(H,23,28)(H,24,27)/t16?,18?,19-/m1/s1. The lowest BCUT2D eigenvalue weighted by molar-refractivity contribution is 0.0239. The molecule has 146 valence electrons. The number of benzene rings is 1. The molecule has 1 aromatic heterocycles. The second kappa shape index (κ2) is 7.98. The van der Waals surface area contributed by atoms with Gasteiger partial charge in [-0.1, -0.05) is 6.07 Å². The van der Waals surface area contributed by atoms with Crippen LogP contribution < -0.4 is 15.5 Å². The zero-order valence-corrected chi connectivity index (χ0v) is 15.5. The molecule has 2 aromatic rings. The van der Waals surface area contributed by atoms with E-state index in [-0.39, 0.29) is 30.0 Å². The summed E-state index contributed by atoms with van der Waals surface area (Å²) in [6, 6.07) is 10.8. The van der Waals surface area contributed by atoms with E-state index >= 15 is 0 Å². The Labute approximate surface area is 163 Å². The predicted octanol–water partition coefficient (Wildman–Crippen LogP) is 1.72. The Hall–Kier alpha value is -2.93. The normalized spacial score (nSPS) is 22.3. The zero-order chi connectivity index (χ0) is 19.5. The van der Waals surface area contributed by atoms with Gasteiger partial charge in [0.1, 0.15) is 0 Å². The van der Waals surface area contributed by atoms with Crippen molar-refractivity contribution in [1.29, 1.82) is 0 Å². The number of amides is 3. The maximum atomic E-state index is 12.9. The summed E-state index contributed by atoms with van der Waals surface area (Å²) in [5, 5.41) is 15.6. The predicted molar refractivity (Wildman–Crippen MR) is 105 cm³/mol. The molecule has 0 bridgehead atoms. The van der Waals surface area contributed by atoms with Crippen LogP contribution in [0.4, 0.5) is 10.5 Å². The van der Waals surface area contributed by atoms with E-state index in [9.17, 15) is 14.7 Å². The summed E-state index contributed by atoms with van der Waals surface area (Å²) >= 11 is 0. The van der Waals surface area contributed by atoms with Crippen LogP contribution in [-0.4, -0.2) is 47.3 Å². The lowest BCUT2D eigenvalue weighted by Crippen LogP contribution is -2.48. The molecule has 0 unspecified atom stereocenters. The van der Waals surface area contributed by atoms with Crippen molar-refractivity contribution < 1.29 is 14.7 Å². The smallest absolute Gasteiger partial charge is 0.321 e. The fourth-order valence-corrected chi connectivity index (χ4v) is 3.85. The van der Waals surface area contributed by atoms with Crippen LogP contribution >= 0.6 is 0 Å². The molecule has 0 radical (unpaired) electrons. The molecule has 3 N–H and O–H groups in total.